The second kappa shape index (κ2) is 7.06. The molecule has 146 valence electrons. The van der Waals surface area contributed by atoms with E-state index in [1.807, 2.05) is 16.7 Å². The number of nitrogens with one attached hydrogen (secondary N) is 1. The van der Waals surface area contributed by atoms with Crippen molar-refractivity contribution in [1.29, 1.82) is 0 Å². The summed E-state index contributed by atoms with van der Waals surface area (Å²) in [4.78, 5) is 25.5. The molecule has 27 heavy (non-hydrogen) atoms. The number of hydrogen-bond acceptors (Lipinski definition) is 5. The van der Waals surface area contributed by atoms with Gasteiger partial charge in [-0.3, -0.25) is 4.90 Å². The Morgan fingerprint density at radius 1 is 1.26 bits per heavy atom. The van der Waals surface area contributed by atoms with Crippen molar-refractivity contribution < 1.29 is 28.2 Å². The maximum Gasteiger partial charge on any atom is 0.414 e. The highest BCUT2D eigenvalue weighted by atomic mass is 32.2. The number of ether oxygens (including phenoxy) is 1. The third kappa shape index (κ3) is 3.38. The fraction of sp³-hybridized carbons (Fsp3) is 0.529. The monoisotopic (exact) mass is 399 g/mol. The average molecular weight is 399 g/mol. The van der Waals surface area contributed by atoms with Crippen LogP contribution in [0.5, 0.6) is 0 Å². The van der Waals surface area contributed by atoms with E-state index in [1.54, 1.807) is 0 Å². The van der Waals surface area contributed by atoms with Crippen LogP contribution < -0.4 is 15.1 Å². The normalized spacial score (nSPS) is 27.0. The Morgan fingerprint density at radius 3 is 2.48 bits per heavy atom. The Hall–Kier alpha value is -2.23. The van der Waals surface area contributed by atoms with Crippen molar-refractivity contribution in [2.45, 2.75) is 31.0 Å². The number of carbonyl (C=O) groups is 2. The summed E-state index contributed by atoms with van der Waals surface area (Å²) >= 11 is 1.81. The fourth-order valence-electron chi connectivity index (χ4n) is 3.99. The van der Waals surface area contributed by atoms with Gasteiger partial charge in [0, 0.05) is 35.7 Å². The molecule has 2 N–H and O–H groups in total. The first-order chi connectivity index (χ1) is 12.9. The van der Waals surface area contributed by atoms with Crippen LogP contribution in [0.25, 0.3) is 0 Å². The highest BCUT2D eigenvalue weighted by Gasteiger charge is 2.40. The first-order valence-electron chi connectivity index (χ1n) is 8.74. The topological polar surface area (TPSA) is 82.1 Å². The second-order valence-electron chi connectivity index (χ2n) is 6.89. The summed E-state index contributed by atoms with van der Waals surface area (Å²) in [6.45, 7) is -0.0711. The van der Waals surface area contributed by atoms with Crippen LogP contribution in [0.15, 0.2) is 12.1 Å². The van der Waals surface area contributed by atoms with E-state index in [-0.39, 0.29) is 36.5 Å². The maximum atomic E-state index is 14.8. The van der Waals surface area contributed by atoms with Crippen molar-refractivity contribution in [2.75, 3.05) is 34.4 Å². The Balaban J connectivity index is 1.55. The minimum absolute atomic E-state index is 0.0168. The van der Waals surface area contributed by atoms with Crippen LogP contribution in [0, 0.1) is 11.6 Å². The molecule has 3 fully saturated rings. The zero-order valence-electron chi connectivity index (χ0n) is 14.4. The summed E-state index contributed by atoms with van der Waals surface area (Å²) in [6.07, 6.45) is -0.855. The molecule has 0 spiro atoms. The van der Waals surface area contributed by atoms with Gasteiger partial charge in [-0.1, -0.05) is 0 Å². The highest BCUT2D eigenvalue weighted by molar-refractivity contribution is 7.99. The van der Waals surface area contributed by atoms with Gasteiger partial charge in [0.05, 0.1) is 18.8 Å². The molecular formula is C17H19F2N3O4S. The predicted molar refractivity (Wildman–Crippen MR) is 96.6 cm³/mol. The Labute approximate surface area is 158 Å². The summed E-state index contributed by atoms with van der Waals surface area (Å²) in [5.74, 6) is 0.309. The molecule has 0 saturated carbocycles. The van der Waals surface area contributed by atoms with Crippen LogP contribution >= 0.6 is 11.8 Å². The summed E-state index contributed by atoms with van der Waals surface area (Å²) in [5, 5.41) is 10.8. The third-order valence-corrected chi connectivity index (χ3v) is 6.41. The number of carbonyl (C=O) groups excluding carboxylic acids is 1. The van der Waals surface area contributed by atoms with E-state index in [0.29, 0.717) is 0 Å². The molecule has 3 atom stereocenters. The molecule has 0 radical (unpaired) electrons. The number of hydrogen-bond donors (Lipinski definition) is 2. The van der Waals surface area contributed by atoms with Gasteiger partial charge >= 0.3 is 12.2 Å². The number of benzene rings is 1. The van der Waals surface area contributed by atoms with Crippen LogP contribution in [0.2, 0.25) is 0 Å². The molecule has 2 bridgehead atoms. The lowest BCUT2D eigenvalue weighted by atomic mass is 10.2. The van der Waals surface area contributed by atoms with Gasteiger partial charge in [-0.25, -0.2) is 18.4 Å². The third-order valence-electron chi connectivity index (χ3n) is 5.17. The van der Waals surface area contributed by atoms with Gasteiger partial charge in [-0.2, -0.15) is 11.8 Å². The number of nitrogens with zero attached hydrogens (tertiary/aromatic N) is 2. The van der Waals surface area contributed by atoms with Crippen LogP contribution in [0.4, 0.5) is 29.7 Å². The molecule has 0 aromatic heterocycles. The quantitative estimate of drug-likeness (QED) is 0.810. The van der Waals surface area contributed by atoms with Gasteiger partial charge in [-0.05, 0) is 12.8 Å². The van der Waals surface area contributed by atoms with Crippen LogP contribution in [-0.2, 0) is 4.74 Å². The molecule has 3 aliphatic heterocycles. The van der Waals surface area contributed by atoms with Crippen molar-refractivity contribution in [1.82, 2.24) is 5.32 Å². The van der Waals surface area contributed by atoms with E-state index >= 15 is 0 Å². The first-order valence-corrected chi connectivity index (χ1v) is 9.89. The number of carboxylic acid groups (broad SMARTS) is 1. The lowest BCUT2D eigenvalue weighted by Crippen LogP contribution is -2.43. The molecule has 10 heteroatoms. The lowest BCUT2D eigenvalue weighted by Gasteiger charge is -2.37. The number of thioether (sulfide) groups is 1. The van der Waals surface area contributed by atoms with Gasteiger partial charge in [0.25, 0.3) is 0 Å². The summed E-state index contributed by atoms with van der Waals surface area (Å²) in [7, 11) is 0. The van der Waals surface area contributed by atoms with Crippen molar-refractivity contribution in [3.63, 3.8) is 0 Å². The SMILES string of the molecule is O=C(O)NC[C@H]1CN(c2cc(F)c(N3[C@@H]4CC[C@H]3CSC4)c(F)c2)C(=O)O1. The number of rotatable bonds is 4. The molecule has 1 aromatic rings. The number of anilines is 2. The van der Waals surface area contributed by atoms with Crippen molar-refractivity contribution >= 4 is 35.3 Å². The molecule has 0 unspecified atom stereocenters. The van der Waals surface area contributed by atoms with Gasteiger partial charge in [0.2, 0.25) is 0 Å². The molecule has 3 heterocycles. The largest absolute Gasteiger partial charge is 0.465 e. The van der Waals surface area contributed by atoms with E-state index in [2.05, 4.69) is 5.32 Å². The zero-order valence-corrected chi connectivity index (χ0v) is 15.2. The highest BCUT2D eigenvalue weighted by Crippen LogP contribution is 2.41. The smallest absolute Gasteiger partial charge is 0.414 e. The predicted octanol–water partition coefficient (Wildman–Crippen LogP) is 2.64. The van der Waals surface area contributed by atoms with Gasteiger partial charge in [0.1, 0.15) is 11.8 Å². The van der Waals surface area contributed by atoms with Crippen LogP contribution in [-0.4, -0.2) is 60.1 Å². The summed E-state index contributed by atoms with van der Waals surface area (Å²) in [5.41, 5.74) is 0.0403. The standard InChI is InChI=1S/C17H19F2N3O4S/c18-13-3-11(21-6-12(26-17(21)25)5-20-16(23)24)4-14(19)15(13)22-9-1-2-10(22)8-27-7-9/h3-4,9-10,12,20H,1-2,5-8H2,(H,23,24)/t9-,10+,12-/m0/s1. The van der Waals surface area contributed by atoms with E-state index in [0.717, 1.165) is 41.4 Å². The van der Waals surface area contributed by atoms with Gasteiger partial charge in [-0.15, -0.1) is 0 Å². The molecule has 3 saturated heterocycles. The van der Waals surface area contributed by atoms with E-state index < -0.39 is 29.9 Å². The van der Waals surface area contributed by atoms with Crippen LogP contribution in [0.1, 0.15) is 12.8 Å². The number of amides is 2. The van der Waals surface area contributed by atoms with Crippen molar-refractivity contribution in [3.8, 4) is 0 Å². The van der Waals surface area contributed by atoms with Crippen LogP contribution in [0.3, 0.4) is 0 Å². The van der Waals surface area contributed by atoms with E-state index in [4.69, 9.17) is 9.84 Å². The average Bonchev–Trinajstić information content (AvgIpc) is 3.08. The number of cyclic esters (lactones) is 1. The first kappa shape index (κ1) is 18.1. The fourth-order valence-corrected chi connectivity index (χ4v) is 5.32. The van der Waals surface area contributed by atoms with E-state index in [1.165, 1.54) is 0 Å². The minimum Gasteiger partial charge on any atom is -0.465 e. The van der Waals surface area contributed by atoms with Crippen molar-refractivity contribution in [2.24, 2.45) is 0 Å². The molecule has 2 amide bonds. The molecule has 7 nitrogen and oxygen atoms in total. The molecule has 1 aromatic carbocycles. The lowest BCUT2D eigenvalue weighted by molar-refractivity contribution is 0.136. The number of fused-ring (bicyclic) bond motifs is 2. The zero-order chi connectivity index (χ0) is 19.1. The van der Waals surface area contributed by atoms with Gasteiger partial charge < -0.3 is 20.1 Å². The Bertz CT molecular complexity index is 742. The minimum atomic E-state index is -1.24. The van der Waals surface area contributed by atoms with Gasteiger partial charge in [0.15, 0.2) is 11.6 Å². The maximum absolute atomic E-state index is 14.8. The van der Waals surface area contributed by atoms with Crippen molar-refractivity contribution in [3.05, 3.63) is 23.8 Å². The van der Waals surface area contributed by atoms with E-state index in [9.17, 15) is 18.4 Å². The summed E-state index contributed by atoms with van der Waals surface area (Å²) < 4.78 is 34.7. The molecule has 3 aliphatic rings. The Kier molecular flexibility index (Phi) is 4.75. The summed E-state index contributed by atoms with van der Waals surface area (Å²) in [6, 6.07) is 2.56. The molecule has 0 aliphatic carbocycles. The molecule has 4 rings (SSSR count). The second-order valence-corrected chi connectivity index (χ2v) is 7.97. The Morgan fingerprint density at radius 2 is 1.89 bits per heavy atom. The molecular weight excluding hydrogens is 380 g/mol. The number of halogens is 2.